The fourth-order valence-electron chi connectivity index (χ4n) is 1.96. The molecule has 0 aliphatic heterocycles. The van der Waals surface area contributed by atoms with Crippen LogP contribution in [-0.2, 0) is 0 Å². The van der Waals surface area contributed by atoms with Gasteiger partial charge in [-0.2, -0.15) is 5.10 Å². The highest BCUT2D eigenvalue weighted by Gasteiger charge is 2.13. The Labute approximate surface area is 101 Å². The maximum absolute atomic E-state index is 5.76. The number of hydrogen-bond donors (Lipinski definition) is 2. The molecular formula is C13H17N3O. The average Bonchev–Trinajstić information content (AvgIpc) is 2.64. The maximum Gasteiger partial charge on any atom is 0.148 e. The van der Waals surface area contributed by atoms with Crippen LogP contribution in [0.1, 0.15) is 16.7 Å². The topological polar surface area (TPSA) is 63.9 Å². The molecule has 0 spiro atoms. The molecular weight excluding hydrogens is 214 g/mol. The largest absolute Gasteiger partial charge is 0.496 e. The summed E-state index contributed by atoms with van der Waals surface area (Å²) in [6.07, 6.45) is 0. The van der Waals surface area contributed by atoms with Crippen LogP contribution in [-0.4, -0.2) is 17.3 Å². The molecule has 0 unspecified atom stereocenters. The number of aromatic amines is 1. The minimum Gasteiger partial charge on any atom is -0.496 e. The van der Waals surface area contributed by atoms with Crippen LogP contribution in [0.15, 0.2) is 12.1 Å². The molecule has 0 bridgehead atoms. The first kappa shape index (κ1) is 11.5. The Bertz CT molecular complexity index is 558. The Kier molecular flexibility index (Phi) is 2.79. The predicted molar refractivity (Wildman–Crippen MR) is 69.2 cm³/mol. The number of anilines is 1. The third-order valence-electron chi connectivity index (χ3n) is 3.27. The van der Waals surface area contributed by atoms with Crippen LogP contribution in [0, 0.1) is 20.8 Å². The van der Waals surface area contributed by atoms with E-state index in [2.05, 4.69) is 17.1 Å². The first-order valence-corrected chi connectivity index (χ1v) is 5.51. The van der Waals surface area contributed by atoms with Crippen LogP contribution in [0.3, 0.4) is 0 Å². The summed E-state index contributed by atoms with van der Waals surface area (Å²) in [5.41, 5.74) is 11.1. The molecule has 2 aromatic rings. The van der Waals surface area contributed by atoms with Crippen molar-refractivity contribution >= 4 is 5.82 Å². The summed E-state index contributed by atoms with van der Waals surface area (Å²) in [6, 6.07) is 4.00. The van der Waals surface area contributed by atoms with Crippen molar-refractivity contribution in [2.45, 2.75) is 20.8 Å². The molecule has 2 rings (SSSR count). The number of ether oxygens (including phenoxy) is 1. The van der Waals surface area contributed by atoms with E-state index < -0.39 is 0 Å². The van der Waals surface area contributed by atoms with Gasteiger partial charge in [-0.1, -0.05) is 0 Å². The van der Waals surface area contributed by atoms with Gasteiger partial charge in [0.25, 0.3) is 0 Å². The number of nitrogens with one attached hydrogen (secondary N) is 1. The molecule has 90 valence electrons. The number of H-pyrrole nitrogens is 1. The number of nitrogen functional groups attached to an aromatic ring is 1. The quantitative estimate of drug-likeness (QED) is 0.835. The van der Waals surface area contributed by atoms with Crippen LogP contribution in [0.5, 0.6) is 5.75 Å². The zero-order valence-corrected chi connectivity index (χ0v) is 10.6. The van der Waals surface area contributed by atoms with E-state index in [4.69, 9.17) is 10.5 Å². The lowest BCUT2D eigenvalue weighted by Gasteiger charge is -2.12. The van der Waals surface area contributed by atoms with Gasteiger partial charge in [0.2, 0.25) is 0 Å². The van der Waals surface area contributed by atoms with E-state index in [1.807, 2.05) is 26.0 Å². The molecule has 0 saturated carbocycles. The number of nitrogens with two attached hydrogens (primary N) is 1. The highest BCUT2D eigenvalue weighted by Crippen LogP contribution is 2.32. The molecule has 1 aromatic heterocycles. The Balaban J connectivity index is 2.61. The second-order valence-electron chi connectivity index (χ2n) is 4.17. The minimum absolute atomic E-state index is 0.549. The van der Waals surface area contributed by atoms with Gasteiger partial charge in [-0.25, -0.2) is 0 Å². The molecule has 3 N–H and O–H groups in total. The van der Waals surface area contributed by atoms with Crippen LogP contribution in [0.4, 0.5) is 5.82 Å². The Hall–Kier alpha value is -1.97. The van der Waals surface area contributed by atoms with Crippen molar-refractivity contribution in [1.82, 2.24) is 10.2 Å². The summed E-state index contributed by atoms with van der Waals surface area (Å²) in [6.45, 7) is 6.09. The van der Waals surface area contributed by atoms with Crippen LogP contribution >= 0.6 is 0 Å². The van der Waals surface area contributed by atoms with Gasteiger partial charge >= 0.3 is 0 Å². The van der Waals surface area contributed by atoms with E-state index in [9.17, 15) is 0 Å². The molecule has 0 aliphatic carbocycles. The van der Waals surface area contributed by atoms with E-state index in [0.717, 1.165) is 28.1 Å². The monoisotopic (exact) mass is 231 g/mol. The lowest BCUT2D eigenvalue weighted by molar-refractivity contribution is 0.411. The molecule has 0 radical (unpaired) electrons. The van der Waals surface area contributed by atoms with E-state index in [1.54, 1.807) is 7.11 Å². The Morgan fingerprint density at radius 1 is 1.12 bits per heavy atom. The normalized spacial score (nSPS) is 10.6. The van der Waals surface area contributed by atoms with Gasteiger partial charge in [0.15, 0.2) is 0 Å². The molecule has 1 aromatic carbocycles. The number of rotatable bonds is 2. The molecule has 0 fully saturated rings. The molecule has 1 heterocycles. The van der Waals surface area contributed by atoms with E-state index in [-0.39, 0.29) is 0 Å². The molecule has 17 heavy (non-hydrogen) atoms. The highest BCUT2D eigenvalue weighted by atomic mass is 16.5. The Morgan fingerprint density at radius 3 is 2.35 bits per heavy atom. The van der Waals surface area contributed by atoms with Crippen molar-refractivity contribution < 1.29 is 4.74 Å². The minimum atomic E-state index is 0.549. The number of benzene rings is 1. The summed E-state index contributed by atoms with van der Waals surface area (Å²) >= 11 is 0. The summed E-state index contributed by atoms with van der Waals surface area (Å²) in [4.78, 5) is 0. The second kappa shape index (κ2) is 4.13. The van der Waals surface area contributed by atoms with Crippen molar-refractivity contribution in [3.05, 3.63) is 28.8 Å². The Morgan fingerprint density at radius 2 is 1.82 bits per heavy atom. The maximum atomic E-state index is 5.76. The van der Waals surface area contributed by atoms with E-state index in [0.29, 0.717) is 5.82 Å². The zero-order chi connectivity index (χ0) is 12.6. The van der Waals surface area contributed by atoms with Gasteiger partial charge in [0.1, 0.15) is 11.6 Å². The van der Waals surface area contributed by atoms with Crippen molar-refractivity contribution in [3.8, 4) is 17.0 Å². The lowest BCUT2D eigenvalue weighted by atomic mass is 9.98. The third-order valence-corrected chi connectivity index (χ3v) is 3.27. The molecule has 0 amide bonds. The van der Waals surface area contributed by atoms with Crippen LogP contribution < -0.4 is 10.5 Å². The van der Waals surface area contributed by atoms with Gasteiger partial charge in [0.05, 0.1) is 12.8 Å². The smallest absolute Gasteiger partial charge is 0.148 e. The molecule has 0 aliphatic rings. The van der Waals surface area contributed by atoms with Gasteiger partial charge in [-0.05, 0) is 44.0 Å². The van der Waals surface area contributed by atoms with Gasteiger partial charge < -0.3 is 10.5 Å². The fraction of sp³-hybridized carbons (Fsp3) is 0.308. The van der Waals surface area contributed by atoms with Crippen molar-refractivity contribution in [2.24, 2.45) is 0 Å². The second-order valence-corrected chi connectivity index (χ2v) is 4.17. The first-order valence-electron chi connectivity index (χ1n) is 5.51. The predicted octanol–water partition coefficient (Wildman–Crippen LogP) is 2.59. The number of nitrogens with zero attached hydrogens (tertiary/aromatic N) is 1. The van der Waals surface area contributed by atoms with E-state index in [1.165, 1.54) is 5.56 Å². The number of hydrogen-bond acceptors (Lipinski definition) is 3. The van der Waals surface area contributed by atoms with Gasteiger partial charge in [0, 0.05) is 11.1 Å². The summed E-state index contributed by atoms with van der Waals surface area (Å²) in [5.74, 6) is 1.45. The van der Waals surface area contributed by atoms with Crippen LogP contribution in [0.25, 0.3) is 11.3 Å². The first-order chi connectivity index (χ1) is 8.06. The average molecular weight is 231 g/mol. The highest BCUT2D eigenvalue weighted by molar-refractivity contribution is 5.72. The molecule has 4 nitrogen and oxygen atoms in total. The third kappa shape index (κ3) is 1.75. The van der Waals surface area contributed by atoms with Gasteiger partial charge in [-0.15, -0.1) is 0 Å². The van der Waals surface area contributed by atoms with Crippen molar-refractivity contribution in [2.75, 3.05) is 12.8 Å². The number of aromatic nitrogens is 2. The fourth-order valence-corrected chi connectivity index (χ4v) is 1.96. The molecule has 0 atom stereocenters. The molecule has 0 saturated heterocycles. The van der Waals surface area contributed by atoms with Crippen molar-refractivity contribution in [3.63, 3.8) is 0 Å². The summed E-state index contributed by atoms with van der Waals surface area (Å²) in [5, 5.41) is 7.01. The summed E-state index contributed by atoms with van der Waals surface area (Å²) < 4.78 is 5.30. The standard InChI is InChI=1S/C13H17N3O/c1-7-8(2)11(17-4)6-5-10(7)12-9(3)13(14)16-15-12/h5-6H,1-4H3,(H3,14,15,16). The summed E-state index contributed by atoms with van der Waals surface area (Å²) in [7, 11) is 1.68. The number of methoxy groups -OCH3 is 1. The van der Waals surface area contributed by atoms with E-state index >= 15 is 0 Å². The van der Waals surface area contributed by atoms with Gasteiger partial charge in [-0.3, -0.25) is 5.10 Å². The van der Waals surface area contributed by atoms with Crippen LogP contribution in [0.2, 0.25) is 0 Å². The molecule has 4 heteroatoms. The SMILES string of the molecule is COc1ccc(-c2[nH]nc(N)c2C)c(C)c1C. The lowest BCUT2D eigenvalue weighted by Crippen LogP contribution is -1.94. The zero-order valence-electron chi connectivity index (χ0n) is 10.6. The van der Waals surface area contributed by atoms with Crippen molar-refractivity contribution in [1.29, 1.82) is 0 Å².